The number of methoxy groups -OCH3 is 1. The molecule has 108 valence electrons. The van der Waals surface area contributed by atoms with Crippen molar-refractivity contribution >= 4 is 0 Å². The first-order valence-electron chi connectivity index (χ1n) is 6.76. The zero-order valence-electron chi connectivity index (χ0n) is 12.1. The number of nitrogens with zero attached hydrogens (tertiary/aromatic N) is 5. The highest BCUT2D eigenvalue weighted by molar-refractivity contribution is 5.15. The third-order valence-corrected chi connectivity index (χ3v) is 3.06. The van der Waals surface area contributed by atoms with E-state index in [1.165, 1.54) is 0 Å². The van der Waals surface area contributed by atoms with Crippen molar-refractivity contribution < 1.29 is 4.74 Å². The highest BCUT2D eigenvalue weighted by atomic mass is 16.5. The van der Waals surface area contributed by atoms with Crippen LogP contribution in [0.4, 0.5) is 0 Å². The van der Waals surface area contributed by atoms with Gasteiger partial charge in [-0.2, -0.15) is 10.2 Å². The van der Waals surface area contributed by atoms with E-state index < -0.39 is 0 Å². The monoisotopic (exact) mass is 276 g/mol. The molecule has 2 aromatic heterocycles. The van der Waals surface area contributed by atoms with Crippen molar-refractivity contribution in [3.63, 3.8) is 0 Å². The maximum atomic E-state index is 5.03. The minimum atomic E-state index is 0.0629. The van der Waals surface area contributed by atoms with Crippen molar-refractivity contribution in [2.45, 2.75) is 32.9 Å². The Morgan fingerprint density at radius 2 is 2.15 bits per heavy atom. The molecule has 2 aromatic rings. The van der Waals surface area contributed by atoms with Crippen LogP contribution in [-0.4, -0.2) is 38.6 Å². The molecule has 0 aromatic carbocycles. The van der Waals surface area contributed by atoms with Gasteiger partial charge in [0.05, 0.1) is 18.8 Å². The first-order valence-corrected chi connectivity index (χ1v) is 6.76. The smallest absolute Gasteiger partial charge is 0.233 e. The van der Waals surface area contributed by atoms with Gasteiger partial charge in [0.15, 0.2) is 0 Å². The summed E-state index contributed by atoms with van der Waals surface area (Å²) in [6, 6.07) is 3.80. The Morgan fingerprint density at radius 1 is 1.30 bits per heavy atom. The van der Waals surface area contributed by atoms with E-state index in [4.69, 9.17) is 4.74 Å². The molecule has 0 saturated heterocycles. The Balaban J connectivity index is 2.17. The topological polar surface area (TPSA) is 77.8 Å². The molecule has 0 bridgehead atoms. The van der Waals surface area contributed by atoms with Crippen LogP contribution in [0.3, 0.4) is 0 Å². The predicted molar refractivity (Wildman–Crippen MR) is 74.4 cm³/mol. The van der Waals surface area contributed by atoms with Crippen LogP contribution in [0.2, 0.25) is 0 Å². The van der Waals surface area contributed by atoms with Crippen LogP contribution in [0.15, 0.2) is 18.5 Å². The Bertz CT molecular complexity index is 524. The number of hydrogen-bond acceptors (Lipinski definition) is 6. The summed E-state index contributed by atoms with van der Waals surface area (Å²) in [5.74, 6) is 1.46. The normalized spacial score (nSPS) is 12.3. The van der Waals surface area contributed by atoms with Gasteiger partial charge in [0.2, 0.25) is 5.88 Å². The van der Waals surface area contributed by atoms with Gasteiger partial charge in [-0.15, -0.1) is 5.10 Å². The van der Waals surface area contributed by atoms with Gasteiger partial charge in [0.1, 0.15) is 12.2 Å². The standard InChI is InChI=1S/C13H20N6O/c1-4-14-11(8-12-15-9-16-19(12)5-2)10-6-7-13(20-3)18-17-10/h6-7,9,11,14H,4-5,8H2,1-3H3. The van der Waals surface area contributed by atoms with Gasteiger partial charge in [-0.1, -0.05) is 6.92 Å². The molecule has 2 rings (SSSR count). The van der Waals surface area contributed by atoms with Crippen LogP contribution >= 0.6 is 0 Å². The van der Waals surface area contributed by atoms with E-state index in [0.717, 1.165) is 31.0 Å². The summed E-state index contributed by atoms with van der Waals surface area (Å²) in [6.07, 6.45) is 2.31. The third-order valence-electron chi connectivity index (χ3n) is 3.06. The van der Waals surface area contributed by atoms with E-state index in [1.54, 1.807) is 13.4 Å². The molecular weight excluding hydrogens is 256 g/mol. The fourth-order valence-corrected chi connectivity index (χ4v) is 2.05. The largest absolute Gasteiger partial charge is 0.480 e. The lowest BCUT2D eigenvalue weighted by Gasteiger charge is -2.16. The molecule has 0 amide bonds. The third kappa shape index (κ3) is 3.30. The number of nitrogens with one attached hydrogen (secondary N) is 1. The summed E-state index contributed by atoms with van der Waals surface area (Å²) >= 11 is 0. The lowest BCUT2D eigenvalue weighted by atomic mass is 10.1. The van der Waals surface area contributed by atoms with Gasteiger partial charge >= 0.3 is 0 Å². The quantitative estimate of drug-likeness (QED) is 0.812. The second-order valence-corrected chi connectivity index (χ2v) is 4.31. The fourth-order valence-electron chi connectivity index (χ4n) is 2.05. The van der Waals surface area contributed by atoms with Gasteiger partial charge in [0, 0.05) is 19.0 Å². The average Bonchev–Trinajstić information content (AvgIpc) is 2.94. The molecule has 2 heterocycles. The first kappa shape index (κ1) is 14.4. The van der Waals surface area contributed by atoms with Gasteiger partial charge in [-0.05, 0) is 19.5 Å². The fraction of sp³-hybridized carbons (Fsp3) is 0.538. The summed E-state index contributed by atoms with van der Waals surface area (Å²) < 4.78 is 6.92. The maximum Gasteiger partial charge on any atom is 0.233 e. The SMILES string of the molecule is CCNC(Cc1ncnn1CC)c1ccc(OC)nn1. The zero-order chi connectivity index (χ0) is 14.4. The summed E-state index contributed by atoms with van der Waals surface area (Å²) in [6.45, 7) is 5.77. The number of aryl methyl sites for hydroxylation is 1. The van der Waals surface area contributed by atoms with E-state index >= 15 is 0 Å². The van der Waals surface area contributed by atoms with Crippen LogP contribution in [0.1, 0.15) is 31.4 Å². The second-order valence-electron chi connectivity index (χ2n) is 4.31. The molecule has 7 nitrogen and oxygen atoms in total. The van der Waals surface area contributed by atoms with Gasteiger partial charge in [-0.25, -0.2) is 4.98 Å². The zero-order valence-corrected chi connectivity index (χ0v) is 12.1. The minimum absolute atomic E-state index is 0.0629. The number of rotatable bonds is 7. The predicted octanol–water partition coefficient (Wildman–Crippen LogP) is 0.990. The lowest BCUT2D eigenvalue weighted by molar-refractivity contribution is 0.388. The van der Waals surface area contributed by atoms with E-state index in [9.17, 15) is 0 Å². The highest BCUT2D eigenvalue weighted by Crippen LogP contribution is 2.16. The van der Waals surface area contributed by atoms with Crippen LogP contribution in [-0.2, 0) is 13.0 Å². The molecule has 1 unspecified atom stereocenters. The Kier molecular flexibility index (Phi) is 5.00. The molecule has 0 aliphatic carbocycles. The molecule has 0 aliphatic rings. The van der Waals surface area contributed by atoms with E-state index in [0.29, 0.717) is 5.88 Å². The van der Waals surface area contributed by atoms with Crippen molar-refractivity contribution in [3.8, 4) is 5.88 Å². The summed E-state index contributed by atoms with van der Waals surface area (Å²) in [7, 11) is 1.58. The van der Waals surface area contributed by atoms with Crippen LogP contribution in [0.5, 0.6) is 5.88 Å². The molecule has 0 aliphatic heterocycles. The molecule has 0 saturated carbocycles. The molecule has 0 fully saturated rings. The van der Waals surface area contributed by atoms with Gasteiger partial charge < -0.3 is 10.1 Å². The maximum absolute atomic E-state index is 5.03. The molecule has 1 atom stereocenters. The lowest BCUT2D eigenvalue weighted by Crippen LogP contribution is -2.25. The summed E-state index contributed by atoms with van der Waals surface area (Å²) in [4.78, 5) is 4.31. The van der Waals surface area contributed by atoms with Crippen molar-refractivity contribution in [3.05, 3.63) is 30.0 Å². The summed E-state index contributed by atoms with van der Waals surface area (Å²) in [5, 5.41) is 15.8. The average molecular weight is 276 g/mol. The Labute approximate surface area is 118 Å². The van der Waals surface area contributed by atoms with Crippen LogP contribution < -0.4 is 10.1 Å². The second kappa shape index (κ2) is 6.95. The van der Waals surface area contributed by atoms with E-state index in [2.05, 4.69) is 32.5 Å². The van der Waals surface area contributed by atoms with Gasteiger partial charge in [-0.3, -0.25) is 4.68 Å². The summed E-state index contributed by atoms with van der Waals surface area (Å²) in [5.41, 5.74) is 0.873. The molecule has 0 radical (unpaired) electrons. The van der Waals surface area contributed by atoms with Crippen molar-refractivity contribution in [2.75, 3.05) is 13.7 Å². The Hall–Kier alpha value is -2.02. The molecule has 1 N–H and O–H groups in total. The van der Waals surface area contributed by atoms with Crippen LogP contribution in [0.25, 0.3) is 0 Å². The Morgan fingerprint density at radius 3 is 2.75 bits per heavy atom. The highest BCUT2D eigenvalue weighted by Gasteiger charge is 2.16. The minimum Gasteiger partial charge on any atom is -0.480 e. The number of likely N-dealkylation sites (N-methyl/N-ethyl adjacent to an activating group) is 1. The van der Waals surface area contributed by atoms with Crippen molar-refractivity contribution in [1.29, 1.82) is 0 Å². The number of aromatic nitrogens is 5. The first-order chi connectivity index (χ1) is 9.78. The molecule has 7 heteroatoms. The van der Waals surface area contributed by atoms with Crippen molar-refractivity contribution in [1.82, 2.24) is 30.3 Å². The molecule has 0 spiro atoms. The van der Waals surface area contributed by atoms with Gasteiger partial charge in [0.25, 0.3) is 0 Å². The molecular formula is C13H20N6O. The number of ether oxygens (including phenoxy) is 1. The van der Waals surface area contributed by atoms with Crippen molar-refractivity contribution in [2.24, 2.45) is 0 Å². The van der Waals surface area contributed by atoms with Crippen LogP contribution in [0, 0.1) is 0 Å². The van der Waals surface area contributed by atoms with E-state index in [-0.39, 0.29) is 6.04 Å². The van der Waals surface area contributed by atoms with E-state index in [1.807, 2.05) is 23.7 Å². The number of hydrogen-bond donors (Lipinski definition) is 1. The molecule has 20 heavy (non-hydrogen) atoms.